The van der Waals surface area contributed by atoms with Crippen LogP contribution >= 0.6 is 68.4 Å². The van der Waals surface area contributed by atoms with E-state index < -0.39 is 0 Å². The summed E-state index contributed by atoms with van der Waals surface area (Å²) >= 11 is 16.0. The first-order valence-corrected chi connectivity index (χ1v) is 9.35. The number of allylic oxidation sites excluding steroid dienone is 2. The molecular weight excluding hydrogens is 569 g/mol. The molecule has 0 aliphatic rings. The Morgan fingerprint density at radius 2 is 1.50 bits per heavy atom. The van der Waals surface area contributed by atoms with E-state index in [9.17, 15) is 4.79 Å². The quantitative estimate of drug-likeness (QED) is 0.111. The molecule has 0 spiro atoms. The van der Waals surface area contributed by atoms with Gasteiger partial charge in [0.05, 0.1) is 0 Å². The van der Waals surface area contributed by atoms with Gasteiger partial charge in [-0.15, -0.1) is 23.2 Å². The van der Waals surface area contributed by atoms with Crippen LogP contribution in [0, 0.1) is 0 Å². The maximum atomic E-state index is 9.91. The molecule has 0 aliphatic carbocycles. The number of aliphatic hydroxyl groups is 1. The van der Waals surface area contributed by atoms with Crippen LogP contribution in [0.5, 0.6) is 0 Å². The van der Waals surface area contributed by atoms with Crippen molar-refractivity contribution in [3.8, 4) is 0 Å². The van der Waals surface area contributed by atoms with Crippen molar-refractivity contribution in [2.75, 3.05) is 6.61 Å². The molecule has 0 aliphatic heterocycles. The predicted octanol–water partition coefficient (Wildman–Crippen LogP) is 5.98. The number of aliphatic hydroxyl groups excluding tert-OH is 1. The molecule has 2 atom stereocenters. The predicted molar refractivity (Wildman–Crippen MR) is 122 cm³/mol. The Bertz CT molecular complexity index is 293. The zero-order chi connectivity index (χ0) is 16.0. The maximum absolute atomic E-state index is 9.91. The molecule has 0 unspecified atom stereocenters. The normalized spacial score (nSPS) is 11.7. The summed E-state index contributed by atoms with van der Waals surface area (Å²) in [5.41, 5.74) is 0. The molecule has 7 heteroatoms. The first-order valence-electron chi connectivity index (χ1n) is 6.32. The topological polar surface area (TPSA) is 37.3 Å². The van der Waals surface area contributed by atoms with E-state index in [4.69, 9.17) is 28.3 Å². The SMILES string of the molecule is C.C=C(I)C[C@H](Cl)CCC=O.C=C(I)C[C@H](Cl)CCCO.[SH-]. The lowest BCUT2D eigenvalue weighted by Crippen LogP contribution is -1.99. The van der Waals surface area contributed by atoms with Crippen molar-refractivity contribution in [3.05, 3.63) is 20.3 Å². The number of carbonyl (C=O) groups excluding carboxylic acids is 1. The monoisotopic (exact) mass is 595 g/mol. The van der Waals surface area contributed by atoms with E-state index in [1.807, 2.05) is 0 Å². The van der Waals surface area contributed by atoms with Gasteiger partial charge in [-0.25, -0.2) is 0 Å². The summed E-state index contributed by atoms with van der Waals surface area (Å²) in [6, 6.07) is 0. The van der Waals surface area contributed by atoms with Gasteiger partial charge in [-0.3, -0.25) is 0 Å². The molecule has 0 aromatic rings. The average Bonchev–Trinajstić information content (AvgIpc) is 2.33. The van der Waals surface area contributed by atoms with Gasteiger partial charge in [0.2, 0.25) is 0 Å². The van der Waals surface area contributed by atoms with Crippen LogP contribution in [0.15, 0.2) is 20.3 Å². The number of rotatable bonds is 10. The summed E-state index contributed by atoms with van der Waals surface area (Å²) in [4.78, 5) is 9.91. The lowest BCUT2D eigenvalue weighted by Gasteiger charge is -2.05. The van der Waals surface area contributed by atoms with Gasteiger partial charge in [-0.1, -0.05) is 20.6 Å². The minimum absolute atomic E-state index is 0. The molecule has 22 heavy (non-hydrogen) atoms. The fourth-order valence-corrected chi connectivity index (χ4v) is 3.48. The molecule has 1 N–H and O–H groups in total. The van der Waals surface area contributed by atoms with Crippen molar-refractivity contribution in [1.29, 1.82) is 0 Å². The summed E-state index contributed by atoms with van der Waals surface area (Å²) in [6.45, 7) is 7.69. The Morgan fingerprint density at radius 3 is 1.82 bits per heavy atom. The summed E-state index contributed by atoms with van der Waals surface area (Å²) in [5, 5.41) is 8.69. The standard InChI is InChI=1S/C7H12ClIO.C7H10ClIO.CH4.H2S/c2*1-6(9)5-7(8)3-2-4-10;;/h7,10H,1-5H2;4,7H,1-3,5H2;1H4;1H2/p-1/t2*7-;;/m11../s1. The summed E-state index contributed by atoms with van der Waals surface area (Å²) in [5.74, 6) is 0. The first-order chi connectivity index (χ1) is 9.33. The third-order valence-electron chi connectivity index (χ3n) is 2.16. The lowest BCUT2D eigenvalue weighted by molar-refractivity contribution is -0.107. The molecule has 0 aromatic heterocycles. The van der Waals surface area contributed by atoms with Crippen LogP contribution in [0.3, 0.4) is 0 Å². The Balaban J connectivity index is -0.000000135. The molecule has 0 amide bonds. The van der Waals surface area contributed by atoms with E-state index >= 15 is 0 Å². The third kappa shape index (κ3) is 29.5. The molecule has 0 aromatic carbocycles. The molecule has 0 bridgehead atoms. The maximum Gasteiger partial charge on any atom is 0.120 e. The molecule has 2 nitrogen and oxygen atoms in total. The second kappa shape index (κ2) is 22.5. The Kier molecular flexibility index (Phi) is 32.0. The Labute approximate surface area is 180 Å². The highest BCUT2D eigenvalue weighted by atomic mass is 127. The number of halogens is 4. The van der Waals surface area contributed by atoms with Gasteiger partial charge >= 0.3 is 0 Å². The number of thiol groups is 1. The third-order valence-corrected chi connectivity index (χ3v) is 3.79. The molecule has 0 rings (SSSR count). The Hall–Kier alpha value is 1.50. The largest absolute Gasteiger partial charge is 0.813 e. The average molecular weight is 596 g/mol. The minimum atomic E-state index is 0. The van der Waals surface area contributed by atoms with E-state index in [1.54, 1.807) is 0 Å². The van der Waals surface area contributed by atoms with E-state index in [0.717, 1.165) is 45.5 Å². The number of carbonyl (C=O) groups is 1. The van der Waals surface area contributed by atoms with Crippen LogP contribution in [0.2, 0.25) is 0 Å². The van der Waals surface area contributed by atoms with Gasteiger partial charge in [-0.2, -0.15) is 0 Å². The summed E-state index contributed by atoms with van der Waals surface area (Å²) in [6.07, 6.45) is 5.52. The van der Waals surface area contributed by atoms with E-state index in [2.05, 4.69) is 58.3 Å². The lowest BCUT2D eigenvalue weighted by atomic mass is 10.2. The first kappa shape index (κ1) is 31.3. The zero-order valence-corrected chi connectivity index (χ0v) is 18.6. The highest BCUT2D eigenvalue weighted by Gasteiger charge is 2.04. The van der Waals surface area contributed by atoms with Gasteiger partial charge < -0.3 is 23.4 Å². The van der Waals surface area contributed by atoms with Crippen LogP contribution < -0.4 is 0 Å². The highest BCUT2D eigenvalue weighted by Crippen LogP contribution is 2.19. The summed E-state index contributed by atoms with van der Waals surface area (Å²) < 4.78 is 2.12. The molecule has 0 saturated heterocycles. The van der Waals surface area contributed by atoms with Crippen molar-refractivity contribution in [1.82, 2.24) is 0 Å². The molecule has 0 radical (unpaired) electrons. The van der Waals surface area contributed by atoms with Crippen LogP contribution in [0.1, 0.15) is 46.0 Å². The molecular formula is C15H27Cl2I2O2S-. The van der Waals surface area contributed by atoms with E-state index in [-0.39, 0.29) is 38.3 Å². The zero-order valence-electron chi connectivity index (χ0n) is 11.9. The second-order valence-corrected chi connectivity index (χ2v) is 8.53. The second-order valence-electron chi connectivity index (χ2n) is 4.25. The highest BCUT2D eigenvalue weighted by molar-refractivity contribution is 14.1. The number of alkyl halides is 2. The number of hydrogen-bond acceptors (Lipinski definition) is 3. The van der Waals surface area contributed by atoms with Gasteiger partial charge in [-0.05, 0) is 84.4 Å². The number of aldehydes is 1. The van der Waals surface area contributed by atoms with Crippen molar-refractivity contribution in [2.45, 2.75) is 56.7 Å². The van der Waals surface area contributed by atoms with Crippen LogP contribution in [-0.4, -0.2) is 28.8 Å². The molecule has 0 heterocycles. The smallest absolute Gasteiger partial charge is 0.120 e. The van der Waals surface area contributed by atoms with Crippen molar-refractivity contribution >= 4 is 88.2 Å². The van der Waals surface area contributed by atoms with Gasteiger partial charge in [0.15, 0.2) is 0 Å². The van der Waals surface area contributed by atoms with E-state index in [0.29, 0.717) is 6.42 Å². The van der Waals surface area contributed by atoms with E-state index in [1.165, 1.54) is 0 Å². The van der Waals surface area contributed by atoms with Crippen molar-refractivity contribution in [2.24, 2.45) is 0 Å². The molecule has 134 valence electrons. The van der Waals surface area contributed by atoms with Crippen LogP contribution in [0.4, 0.5) is 0 Å². The van der Waals surface area contributed by atoms with Gasteiger partial charge in [0.25, 0.3) is 0 Å². The van der Waals surface area contributed by atoms with Crippen molar-refractivity contribution in [3.63, 3.8) is 0 Å². The number of hydrogen-bond donors (Lipinski definition) is 1. The van der Waals surface area contributed by atoms with Crippen LogP contribution in [-0.2, 0) is 18.3 Å². The minimum Gasteiger partial charge on any atom is -0.813 e. The van der Waals surface area contributed by atoms with Gasteiger partial charge in [0.1, 0.15) is 6.29 Å². The fraction of sp³-hybridized carbons (Fsp3) is 0.667. The Morgan fingerprint density at radius 1 is 1.09 bits per heavy atom. The summed E-state index contributed by atoms with van der Waals surface area (Å²) in [7, 11) is 0. The van der Waals surface area contributed by atoms with Gasteiger partial charge in [0, 0.05) is 23.8 Å². The fourth-order valence-electron chi connectivity index (χ4n) is 1.25. The van der Waals surface area contributed by atoms with Crippen LogP contribution in [0.25, 0.3) is 0 Å². The van der Waals surface area contributed by atoms with Crippen molar-refractivity contribution < 1.29 is 9.90 Å². The molecule has 0 fully saturated rings. The molecule has 0 saturated carbocycles.